The van der Waals surface area contributed by atoms with Crippen LogP contribution in [0.2, 0.25) is 0 Å². The van der Waals surface area contributed by atoms with Crippen LogP contribution in [0.15, 0.2) is 0 Å². The Labute approximate surface area is 107 Å². The van der Waals surface area contributed by atoms with Crippen molar-refractivity contribution in [2.75, 3.05) is 38.8 Å². The number of carbonyl (C=O) groups excluding carboxylic acids is 1. The molecule has 8 heteroatoms. The van der Waals surface area contributed by atoms with E-state index in [4.69, 9.17) is 9.47 Å². The molecular weight excluding hydrogens is 260 g/mol. The predicted octanol–water partition coefficient (Wildman–Crippen LogP) is -1.50. The second kappa shape index (κ2) is 7.03. The van der Waals surface area contributed by atoms with E-state index in [1.807, 2.05) is 0 Å². The van der Waals surface area contributed by atoms with Crippen LogP contribution in [-0.2, 0) is 24.1 Å². The van der Waals surface area contributed by atoms with Crippen LogP contribution in [0, 0.1) is 0 Å². The lowest BCUT2D eigenvalue weighted by Crippen LogP contribution is -2.47. The molecule has 7 nitrogen and oxygen atoms in total. The van der Waals surface area contributed by atoms with Gasteiger partial charge < -0.3 is 20.1 Å². The molecule has 0 aliphatic carbocycles. The third-order valence-corrected chi connectivity index (χ3v) is 4.46. The van der Waals surface area contributed by atoms with Crippen LogP contribution < -0.4 is 10.6 Å². The lowest BCUT2D eigenvalue weighted by Gasteiger charge is -2.23. The second-order valence-corrected chi connectivity index (χ2v) is 6.40. The smallest absolute Gasteiger partial charge is 0.221 e. The van der Waals surface area contributed by atoms with Crippen LogP contribution in [-0.4, -0.2) is 65.5 Å². The van der Waals surface area contributed by atoms with E-state index in [0.717, 1.165) is 0 Å². The number of methoxy groups -OCH3 is 2. The van der Waals surface area contributed by atoms with Gasteiger partial charge >= 0.3 is 0 Å². The van der Waals surface area contributed by atoms with E-state index in [2.05, 4.69) is 10.6 Å². The van der Waals surface area contributed by atoms with Gasteiger partial charge in [-0.15, -0.1) is 0 Å². The molecule has 0 aromatic carbocycles. The average Bonchev–Trinajstić information content (AvgIpc) is 2.29. The number of nitrogens with one attached hydrogen (secondary N) is 2. The number of ether oxygens (including phenoxy) is 2. The summed E-state index contributed by atoms with van der Waals surface area (Å²) in [6.45, 7) is 0.643. The largest absolute Gasteiger partial charge is 0.354 e. The summed E-state index contributed by atoms with van der Waals surface area (Å²) in [7, 11) is -0.0466. The highest BCUT2D eigenvalue weighted by Crippen LogP contribution is 2.04. The third kappa shape index (κ3) is 5.30. The highest BCUT2D eigenvalue weighted by Gasteiger charge is 2.26. The van der Waals surface area contributed by atoms with E-state index < -0.39 is 16.1 Å². The molecule has 18 heavy (non-hydrogen) atoms. The van der Waals surface area contributed by atoms with Crippen molar-refractivity contribution in [3.63, 3.8) is 0 Å². The first kappa shape index (κ1) is 15.4. The average molecular weight is 280 g/mol. The van der Waals surface area contributed by atoms with Crippen molar-refractivity contribution in [1.82, 2.24) is 10.6 Å². The van der Waals surface area contributed by atoms with Crippen molar-refractivity contribution in [2.45, 2.75) is 18.8 Å². The molecule has 2 N–H and O–H groups in total. The summed E-state index contributed by atoms with van der Waals surface area (Å²) in [6.07, 6.45) is -0.351. The van der Waals surface area contributed by atoms with Gasteiger partial charge in [-0.1, -0.05) is 0 Å². The summed E-state index contributed by atoms with van der Waals surface area (Å²) in [5, 5.41) is 5.65. The van der Waals surface area contributed by atoms with Crippen LogP contribution in [0.3, 0.4) is 0 Å². The summed E-state index contributed by atoms with van der Waals surface area (Å²) in [6, 6.07) is -0.313. The Bertz CT molecular complexity index is 366. The van der Waals surface area contributed by atoms with E-state index in [-0.39, 0.29) is 36.4 Å². The van der Waals surface area contributed by atoms with Crippen molar-refractivity contribution in [2.24, 2.45) is 0 Å². The highest BCUT2D eigenvalue weighted by atomic mass is 32.2. The van der Waals surface area contributed by atoms with Gasteiger partial charge in [0.1, 0.15) is 0 Å². The molecular formula is C10H20N2O5S. The number of hydrogen-bond acceptors (Lipinski definition) is 6. The first-order valence-electron chi connectivity index (χ1n) is 5.73. The molecule has 106 valence electrons. The summed E-state index contributed by atoms with van der Waals surface area (Å²) < 4.78 is 32.6. The maximum atomic E-state index is 11.6. The molecule has 1 unspecified atom stereocenters. The molecule has 0 bridgehead atoms. The summed E-state index contributed by atoms with van der Waals surface area (Å²) in [5.41, 5.74) is 0. The fourth-order valence-electron chi connectivity index (χ4n) is 1.75. The third-order valence-electron chi connectivity index (χ3n) is 2.72. The van der Waals surface area contributed by atoms with Crippen molar-refractivity contribution in [1.29, 1.82) is 0 Å². The Kier molecular flexibility index (Phi) is 6.00. The SMILES string of the molecule is COC(CNC(=O)CC1CS(=O)(=O)CCN1)OC. The minimum Gasteiger partial charge on any atom is -0.354 e. The van der Waals surface area contributed by atoms with E-state index in [9.17, 15) is 13.2 Å². The van der Waals surface area contributed by atoms with Gasteiger partial charge in [0.15, 0.2) is 16.1 Å². The van der Waals surface area contributed by atoms with Crippen LogP contribution in [0.25, 0.3) is 0 Å². The van der Waals surface area contributed by atoms with Crippen molar-refractivity contribution in [3.8, 4) is 0 Å². The molecule has 0 radical (unpaired) electrons. The molecule has 1 aliphatic rings. The van der Waals surface area contributed by atoms with Gasteiger partial charge in [0.05, 0.1) is 18.1 Å². The Hall–Kier alpha value is -0.700. The zero-order chi connectivity index (χ0) is 13.6. The lowest BCUT2D eigenvalue weighted by molar-refractivity contribution is -0.127. The summed E-state index contributed by atoms with van der Waals surface area (Å²) in [5.74, 6) is -0.0671. The minimum absolute atomic E-state index is 0.0123. The fraction of sp³-hybridized carbons (Fsp3) is 0.900. The number of carbonyl (C=O) groups is 1. The summed E-state index contributed by atoms with van der Waals surface area (Å²) >= 11 is 0. The molecule has 0 aromatic rings. The van der Waals surface area contributed by atoms with E-state index >= 15 is 0 Å². The van der Waals surface area contributed by atoms with Gasteiger partial charge in [0.2, 0.25) is 5.91 Å². The van der Waals surface area contributed by atoms with Gasteiger partial charge in [-0.2, -0.15) is 0 Å². The van der Waals surface area contributed by atoms with E-state index in [0.29, 0.717) is 6.54 Å². The zero-order valence-electron chi connectivity index (χ0n) is 10.6. The molecule has 1 amide bonds. The normalized spacial score (nSPS) is 22.9. The molecule has 1 fully saturated rings. The topological polar surface area (TPSA) is 93.7 Å². The van der Waals surface area contributed by atoms with Crippen LogP contribution in [0.1, 0.15) is 6.42 Å². The van der Waals surface area contributed by atoms with Gasteiger partial charge in [-0.3, -0.25) is 4.79 Å². The molecule has 0 aromatic heterocycles. The predicted molar refractivity (Wildman–Crippen MR) is 65.9 cm³/mol. The van der Waals surface area contributed by atoms with E-state index in [1.165, 1.54) is 14.2 Å². The molecule has 1 heterocycles. The van der Waals surface area contributed by atoms with Gasteiger partial charge in [-0.25, -0.2) is 8.42 Å². The fourth-order valence-corrected chi connectivity index (χ4v) is 3.20. The first-order chi connectivity index (χ1) is 8.46. The quantitative estimate of drug-likeness (QED) is 0.575. The zero-order valence-corrected chi connectivity index (χ0v) is 11.5. The number of rotatable bonds is 6. The van der Waals surface area contributed by atoms with Crippen LogP contribution in [0.4, 0.5) is 0 Å². The van der Waals surface area contributed by atoms with Crippen molar-refractivity contribution >= 4 is 15.7 Å². The molecule has 1 rings (SSSR count). The van der Waals surface area contributed by atoms with Gasteiger partial charge in [-0.05, 0) is 0 Å². The molecule has 1 atom stereocenters. The standard InChI is InChI=1S/C10H20N2O5S/c1-16-10(17-2)6-12-9(13)5-8-7-18(14,15)4-3-11-8/h8,10-11H,3-7H2,1-2H3,(H,12,13). The molecule has 1 saturated heterocycles. The minimum atomic E-state index is -3.01. The Morgan fingerprint density at radius 1 is 1.44 bits per heavy atom. The molecule has 0 spiro atoms. The Morgan fingerprint density at radius 2 is 2.11 bits per heavy atom. The van der Waals surface area contributed by atoms with Gasteiger partial charge in [0.25, 0.3) is 0 Å². The Morgan fingerprint density at radius 3 is 2.67 bits per heavy atom. The molecule has 0 saturated carbocycles. The molecule has 1 aliphatic heterocycles. The monoisotopic (exact) mass is 280 g/mol. The highest BCUT2D eigenvalue weighted by molar-refractivity contribution is 7.91. The lowest BCUT2D eigenvalue weighted by atomic mass is 10.2. The van der Waals surface area contributed by atoms with Gasteiger partial charge in [0, 0.05) is 33.2 Å². The van der Waals surface area contributed by atoms with Crippen molar-refractivity contribution < 1.29 is 22.7 Å². The van der Waals surface area contributed by atoms with Crippen LogP contribution in [0.5, 0.6) is 0 Å². The van der Waals surface area contributed by atoms with E-state index in [1.54, 1.807) is 0 Å². The second-order valence-electron chi connectivity index (χ2n) is 4.17. The number of sulfone groups is 1. The maximum absolute atomic E-state index is 11.6. The van der Waals surface area contributed by atoms with Crippen molar-refractivity contribution in [3.05, 3.63) is 0 Å². The Balaban J connectivity index is 2.32. The number of amides is 1. The first-order valence-corrected chi connectivity index (χ1v) is 7.55. The number of hydrogen-bond donors (Lipinski definition) is 2. The van der Waals surface area contributed by atoms with Crippen LogP contribution >= 0.6 is 0 Å². The maximum Gasteiger partial charge on any atom is 0.221 e. The summed E-state index contributed by atoms with van der Waals surface area (Å²) in [4.78, 5) is 11.6.